The molecule has 742 valence electrons. The van der Waals surface area contributed by atoms with E-state index in [1.165, 1.54) is 81.2 Å². The molecule has 4 aromatic carbocycles. The number of alkyl halides is 6. The number of H-pyrrole nitrogens is 2. The third kappa shape index (κ3) is 39.1. The molecule has 0 saturated carbocycles. The minimum Gasteiger partial charge on any atom is -1.00 e. The van der Waals surface area contributed by atoms with Crippen molar-refractivity contribution in [3.8, 4) is 17.4 Å². The predicted octanol–water partition coefficient (Wildman–Crippen LogP) is 12.4. The number of para-hydroxylation sites is 4. The van der Waals surface area contributed by atoms with E-state index in [4.69, 9.17) is 58.3 Å². The molecule has 138 heavy (non-hydrogen) atoms. The van der Waals surface area contributed by atoms with Gasteiger partial charge in [-0.2, -0.15) is 21.9 Å². The molecule has 0 radical (unpaired) electrons. The van der Waals surface area contributed by atoms with Gasteiger partial charge in [0.05, 0.1) is 48.2 Å². The standard InChI is InChI=1S/C25H21F2N3O3.C14H10N2O2.2C11H12F3NO.C11H12FNO2.C6H10O2.C5H3BrFN.C4H10F3NS.2C2H4O2.CH2O3.2Cs.Pd.H/c26-24(27)25(11-14-32-15-12-25)18-4-3-13-28-23(18)33-17-9-7-16(8-10-17)21(31)22-29-19-5-1-2-6-20(19)30-22;17-10-7-5-9(6-8-10)13(18)14-15-11-3-1-2-4-12(11)16-14;2*12-9-8(2-1-5-15-9)11(10(13)14)3-6-16-7-4-11;12-10-9(2-1-5-13-10)11(8-14)3-6-15-7-4-11;7-5-6-1-3-8-4-2-6;6-4-2-1-3-8-5(4)7;1-3-8(4-2)9(5,6)7;2*1-2(3)4;2-1-4-3;;;;/h1-10,13,24H,11-12,14-15H2,(H,29,30);1-8,17H,(H,15,16);2*1-2,5,10H,3-4,6-7H2;1-2,5,8H,3-4,6-7H2;5-6H,1-4H2;1-3H;3-4H2,1-2H3;2*1H3,(H,3,4);1,3H;;;;/q;;;;;;;;;;;2*+1;;-1/p-1. The number of pyridine rings is 5. The second-order valence-corrected chi connectivity index (χ2v) is 31.7. The maximum absolute atomic E-state index is 14.2. The van der Waals surface area contributed by atoms with Crippen molar-refractivity contribution in [2.75, 3.05) is 79.2 Å². The number of phenols is 1. The number of hydrogen-bond acceptors (Lipinski definition) is 24. The van der Waals surface area contributed by atoms with Crippen LogP contribution in [0.4, 0.5) is 55.6 Å². The van der Waals surface area contributed by atoms with E-state index in [2.05, 4.69) is 65.7 Å². The number of ether oxygens (including phenoxy) is 6. The van der Waals surface area contributed by atoms with E-state index in [-0.39, 0.29) is 303 Å². The summed E-state index contributed by atoms with van der Waals surface area (Å²) in [5.74, 6) is -3.23. The maximum atomic E-state index is 14.2. The first kappa shape index (κ1) is 125. The molecule has 28 nitrogen and oxygen atoms in total. The van der Waals surface area contributed by atoms with Crippen LogP contribution in [0.2, 0.25) is 0 Å². The molecule has 0 bridgehead atoms. The quantitative estimate of drug-likeness (QED) is 0.00954. The van der Waals surface area contributed by atoms with Crippen molar-refractivity contribution in [3.05, 3.63) is 262 Å². The fraction of sp³-hybridized carbons (Fsp3) is 0.370. The largest absolute Gasteiger partial charge is 1.00 e. The Balaban J connectivity index is 0.000000546. The fourth-order valence-electron chi connectivity index (χ4n) is 13.9. The number of rotatable bonds is 19. The first-order valence-corrected chi connectivity index (χ1v) is 43.7. The molecular formula is C92H100BrCs2F13N10O18PdS. The van der Waals surface area contributed by atoms with Crippen molar-refractivity contribution < 1.29 is 303 Å². The zero-order valence-corrected chi connectivity index (χ0v) is 92.1. The molecule has 16 rings (SSSR count). The number of carboxylic acid groups (broad SMARTS) is 2. The van der Waals surface area contributed by atoms with Crippen LogP contribution in [-0.2, 0) is 94.6 Å². The predicted molar refractivity (Wildman–Crippen MR) is 472 cm³/mol. The molecule has 0 aliphatic carbocycles. The van der Waals surface area contributed by atoms with Crippen molar-refractivity contribution in [1.82, 2.24) is 49.2 Å². The van der Waals surface area contributed by atoms with Crippen LogP contribution >= 0.6 is 27.3 Å². The van der Waals surface area contributed by atoms with Gasteiger partial charge >= 0.3 is 138 Å². The SMILES string of the molecule is CC(=O)O.CC(=O)O.CCN(CC)S(F)(F)F.Fc1ncccc1Br.Fc1ncccc1C1(C(F)F)CCOCC1.Fc1ncccc1C1(C(F)F)CCOCC1.O=C(c1ccc(O)cc1)c1nc2ccccc2[nH]1.O=C(c1ccc(Oc2ncccc2C2(C(F)F)CCOCC2)cc1)c1nc2ccccc2[nH]1.O=CC1(c2cccnc2F)CCOCC1.O=CC1CCOCC1.O=CO[O-].[Cs+].[Cs+].[H-].[Pd]. The van der Waals surface area contributed by atoms with E-state index < -0.39 is 88.0 Å². The van der Waals surface area contributed by atoms with Gasteiger partial charge in [0.15, 0.2) is 11.6 Å². The smallest absolute Gasteiger partial charge is 1.00 e. The number of aldehydes is 2. The summed E-state index contributed by atoms with van der Waals surface area (Å²) in [6, 6.07) is 43.0. The molecule has 0 atom stereocenters. The van der Waals surface area contributed by atoms with Gasteiger partial charge < -0.3 is 74.9 Å². The monoisotopic (exact) mass is 2360 g/mol. The second kappa shape index (κ2) is 65.0. The zero-order chi connectivity index (χ0) is 99.2. The molecule has 11 aromatic rings. The van der Waals surface area contributed by atoms with Crippen LogP contribution in [0, 0.1) is 29.7 Å². The summed E-state index contributed by atoms with van der Waals surface area (Å²) in [4.78, 5) is 108. The van der Waals surface area contributed by atoms with E-state index in [1.54, 1.807) is 72.8 Å². The Hall–Kier alpha value is -7.33. The van der Waals surface area contributed by atoms with Gasteiger partial charge in [0.25, 0.3) is 29.8 Å². The molecule has 5 N–H and O–H groups in total. The number of fused-ring (bicyclic) bond motifs is 2. The van der Waals surface area contributed by atoms with Crippen LogP contribution in [0.5, 0.6) is 17.4 Å². The van der Waals surface area contributed by atoms with E-state index in [0.29, 0.717) is 74.2 Å². The topological polar surface area (TPSA) is 393 Å². The van der Waals surface area contributed by atoms with E-state index in [9.17, 15) is 79.8 Å². The van der Waals surface area contributed by atoms with Gasteiger partial charge in [-0.1, -0.05) is 62.4 Å². The van der Waals surface area contributed by atoms with Gasteiger partial charge in [0, 0.05) is 184 Å². The Kier molecular flexibility index (Phi) is 58.8. The second-order valence-electron chi connectivity index (χ2n) is 29.6. The van der Waals surface area contributed by atoms with E-state index >= 15 is 0 Å². The van der Waals surface area contributed by atoms with Crippen LogP contribution in [-0.4, -0.2) is 205 Å². The molecule has 7 aromatic heterocycles. The van der Waals surface area contributed by atoms with Crippen molar-refractivity contribution in [2.45, 2.75) is 133 Å². The van der Waals surface area contributed by atoms with Crippen LogP contribution < -0.4 is 148 Å². The van der Waals surface area contributed by atoms with Gasteiger partial charge in [-0.3, -0.25) is 24.0 Å². The Morgan fingerprint density at radius 2 is 0.826 bits per heavy atom. The summed E-state index contributed by atoms with van der Waals surface area (Å²) in [7, 11) is 0. The zero-order valence-electron chi connectivity index (χ0n) is 76.6. The van der Waals surface area contributed by atoms with Crippen LogP contribution in [0.1, 0.15) is 148 Å². The van der Waals surface area contributed by atoms with Gasteiger partial charge in [-0.25, -0.2) is 61.2 Å². The Morgan fingerprint density at radius 3 is 1.13 bits per heavy atom. The van der Waals surface area contributed by atoms with Crippen LogP contribution in [0.25, 0.3) is 22.1 Å². The number of carbonyl (C=O) groups is 7. The van der Waals surface area contributed by atoms with Crippen molar-refractivity contribution in [2.24, 2.45) is 5.92 Å². The van der Waals surface area contributed by atoms with E-state index in [1.807, 2.05) is 48.5 Å². The third-order valence-electron chi connectivity index (χ3n) is 21.1. The number of halogens is 14. The van der Waals surface area contributed by atoms with Gasteiger partial charge in [0.2, 0.25) is 60.5 Å². The summed E-state index contributed by atoms with van der Waals surface area (Å²) in [5.41, 5.74) is -0.185. The number of nitrogens with one attached hydrogen (secondary N) is 2. The molecule has 5 saturated heterocycles. The number of ketones is 2. The Labute approximate surface area is 929 Å². The number of carboxylic acids is 2. The van der Waals surface area contributed by atoms with E-state index in [0.717, 1.165) is 69.0 Å². The summed E-state index contributed by atoms with van der Waals surface area (Å²) in [6.45, 7) is 9.11. The summed E-state index contributed by atoms with van der Waals surface area (Å²) in [6.07, 6.45) is 4.71. The summed E-state index contributed by atoms with van der Waals surface area (Å²) < 4.78 is 201. The summed E-state index contributed by atoms with van der Waals surface area (Å²) >= 11 is -1.97. The molecule has 12 heterocycles. The van der Waals surface area contributed by atoms with Gasteiger partial charge in [-0.15, -0.1) is 11.7 Å². The van der Waals surface area contributed by atoms with Gasteiger partial charge in [0.1, 0.15) is 24.1 Å². The number of nitrogens with zero attached hydrogens (tertiary/aromatic N) is 8. The van der Waals surface area contributed by atoms with Gasteiger partial charge in [-0.05, 0) is 189 Å². The first-order chi connectivity index (χ1) is 64.6. The van der Waals surface area contributed by atoms with Crippen molar-refractivity contribution in [3.63, 3.8) is 0 Å². The Bertz CT molecular complexity index is 5310. The minimum absolute atomic E-state index is 0. The Morgan fingerprint density at radius 1 is 0.500 bits per heavy atom. The molecule has 5 aliphatic heterocycles. The molecule has 0 unspecified atom stereocenters. The number of carbonyl (C=O) groups excluding carboxylic acids is 5. The van der Waals surface area contributed by atoms with Crippen molar-refractivity contribution >= 4 is 91.9 Å². The number of hydrogen-bond donors (Lipinski definition) is 5. The van der Waals surface area contributed by atoms with Crippen LogP contribution in [0.3, 0.4) is 0 Å². The number of phenolic OH excluding ortho intramolecular Hbond substituents is 1. The van der Waals surface area contributed by atoms with Crippen molar-refractivity contribution in [1.29, 1.82) is 0 Å². The molecule has 5 aliphatic rings. The third-order valence-corrected chi connectivity index (χ3v) is 22.8. The number of aliphatic carboxylic acids is 2. The molecule has 46 heteroatoms. The summed E-state index contributed by atoms with van der Waals surface area (Å²) in [5, 5.41) is 32.5. The number of aromatic amines is 2. The maximum Gasteiger partial charge on any atom is 1.00 e. The molecule has 5 fully saturated rings. The normalized spacial score (nSPS) is 15.2. The molecule has 0 amide bonds. The minimum atomic E-state index is -4.93. The van der Waals surface area contributed by atoms with Crippen LogP contribution in [0.15, 0.2) is 193 Å². The number of benzene rings is 4. The fourth-order valence-corrected chi connectivity index (χ4v) is 14.7. The number of aromatic nitrogens is 9. The molecule has 0 spiro atoms. The first-order valence-electron chi connectivity index (χ1n) is 41.6. The number of imidazole rings is 2. The average molecular weight is 2370 g/mol. The molecular weight excluding hydrogens is 2260 g/mol. The number of aromatic hydroxyl groups is 1. The average Bonchev–Trinajstić information content (AvgIpc) is 1.71.